The number of hydrogen-bond acceptors (Lipinski definition) is 2. The number of furan rings is 1. The molecule has 3 heterocycles. The monoisotopic (exact) mass is 637 g/mol. The molecule has 10 aromatic rings. The number of rotatable bonds is 1. The Hall–Kier alpha value is -6.58. The van der Waals surface area contributed by atoms with Gasteiger partial charge in [0.25, 0.3) is 0 Å². The summed E-state index contributed by atoms with van der Waals surface area (Å²) in [5.41, 5.74) is 12.1. The van der Waals surface area contributed by atoms with Gasteiger partial charge in [0.15, 0.2) is 0 Å². The Morgan fingerprint density at radius 1 is 0.420 bits per heavy atom. The van der Waals surface area contributed by atoms with Crippen molar-refractivity contribution in [1.29, 1.82) is 0 Å². The summed E-state index contributed by atoms with van der Waals surface area (Å²) in [6.45, 7) is 0. The normalized spacial score (nSPS) is 13.9. The van der Waals surface area contributed by atoms with Gasteiger partial charge in [-0.3, -0.25) is 0 Å². The van der Waals surface area contributed by atoms with Crippen LogP contribution in [0.3, 0.4) is 0 Å². The number of ether oxygens (including phenoxy) is 1. The quantitative estimate of drug-likeness (QED) is 0.179. The zero-order valence-corrected chi connectivity index (χ0v) is 26.9. The number of nitrogens with zero attached hydrogens (tertiary/aromatic N) is 1. The van der Waals surface area contributed by atoms with Crippen LogP contribution in [0, 0.1) is 0 Å². The number of fused-ring (bicyclic) bond motifs is 17. The maximum atomic E-state index is 6.96. The van der Waals surface area contributed by atoms with Gasteiger partial charge < -0.3 is 13.7 Å². The minimum absolute atomic E-state index is 0.522. The van der Waals surface area contributed by atoms with Crippen molar-refractivity contribution in [2.24, 2.45) is 0 Å². The van der Waals surface area contributed by atoms with Gasteiger partial charge in [0.2, 0.25) is 0 Å². The maximum absolute atomic E-state index is 6.96. The first kappa shape index (κ1) is 26.4. The van der Waals surface area contributed by atoms with E-state index in [1.165, 1.54) is 60.4 Å². The van der Waals surface area contributed by atoms with Crippen LogP contribution in [0.15, 0.2) is 168 Å². The highest BCUT2D eigenvalue weighted by molar-refractivity contribution is 6.19. The molecule has 0 atom stereocenters. The van der Waals surface area contributed by atoms with Gasteiger partial charge in [0.1, 0.15) is 22.7 Å². The Labute approximate surface area is 287 Å². The molecule has 8 aromatic carbocycles. The van der Waals surface area contributed by atoms with Crippen molar-refractivity contribution in [2.75, 3.05) is 0 Å². The highest BCUT2D eigenvalue weighted by atomic mass is 16.5. The predicted octanol–water partition coefficient (Wildman–Crippen LogP) is 12.3. The summed E-state index contributed by atoms with van der Waals surface area (Å²) < 4.78 is 15.7. The first-order valence-electron chi connectivity index (χ1n) is 17.2. The van der Waals surface area contributed by atoms with Crippen molar-refractivity contribution in [3.05, 3.63) is 186 Å². The van der Waals surface area contributed by atoms with Crippen LogP contribution >= 0.6 is 0 Å². The summed E-state index contributed by atoms with van der Waals surface area (Å²) in [6.07, 6.45) is 0. The van der Waals surface area contributed by atoms with Crippen LogP contribution in [0.1, 0.15) is 22.3 Å². The van der Waals surface area contributed by atoms with Gasteiger partial charge in [-0.15, -0.1) is 0 Å². The van der Waals surface area contributed by atoms with Crippen molar-refractivity contribution in [3.63, 3.8) is 0 Å². The third-order valence-electron chi connectivity index (χ3n) is 11.2. The van der Waals surface area contributed by atoms with E-state index in [0.717, 1.165) is 44.6 Å². The van der Waals surface area contributed by atoms with Crippen molar-refractivity contribution in [3.8, 4) is 28.3 Å². The lowest BCUT2D eigenvalue weighted by atomic mass is 9.66. The molecule has 0 bridgehead atoms. The molecule has 232 valence electrons. The topological polar surface area (TPSA) is 27.3 Å². The molecule has 1 spiro atoms. The summed E-state index contributed by atoms with van der Waals surface area (Å²) in [5, 5.41) is 7.06. The molecule has 1 aliphatic carbocycles. The molecule has 0 fully saturated rings. The summed E-state index contributed by atoms with van der Waals surface area (Å²) in [7, 11) is 0. The lowest BCUT2D eigenvalue weighted by Gasteiger charge is -2.39. The van der Waals surface area contributed by atoms with Crippen LogP contribution < -0.4 is 4.74 Å². The van der Waals surface area contributed by atoms with Gasteiger partial charge >= 0.3 is 0 Å². The van der Waals surface area contributed by atoms with Gasteiger partial charge in [-0.25, -0.2) is 0 Å². The van der Waals surface area contributed by atoms with Crippen LogP contribution in [0.5, 0.6) is 11.5 Å². The third kappa shape index (κ3) is 3.16. The van der Waals surface area contributed by atoms with Gasteiger partial charge in [-0.05, 0) is 64.0 Å². The molecular formula is C47H27NO2. The number of aromatic nitrogens is 1. The molecule has 1 aliphatic heterocycles. The van der Waals surface area contributed by atoms with Crippen molar-refractivity contribution in [1.82, 2.24) is 4.57 Å². The van der Waals surface area contributed by atoms with Crippen LogP contribution in [0.25, 0.3) is 71.3 Å². The summed E-state index contributed by atoms with van der Waals surface area (Å²) in [6, 6.07) is 59.3. The molecule has 12 rings (SSSR count). The Balaban J connectivity index is 1.25. The van der Waals surface area contributed by atoms with Crippen molar-refractivity contribution >= 4 is 54.5 Å². The number of benzene rings is 8. The molecule has 2 aromatic heterocycles. The Morgan fingerprint density at radius 3 is 1.94 bits per heavy atom. The Kier molecular flexibility index (Phi) is 4.91. The van der Waals surface area contributed by atoms with E-state index in [4.69, 9.17) is 9.15 Å². The second kappa shape index (κ2) is 9.31. The molecule has 0 radical (unpaired) electrons. The summed E-state index contributed by atoms with van der Waals surface area (Å²) >= 11 is 0. The average Bonchev–Trinajstić information content (AvgIpc) is 3.81. The fourth-order valence-electron chi connectivity index (χ4n) is 9.25. The number of hydrogen-bond donors (Lipinski definition) is 0. The second-order valence-corrected chi connectivity index (χ2v) is 13.6. The average molecular weight is 638 g/mol. The minimum atomic E-state index is -0.522. The minimum Gasteiger partial charge on any atom is -0.457 e. The maximum Gasteiger partial charge on any atom is 0.135 e. The van der Waals surface area contributed by atoms with E-state index in [0.29, 0.717) is 0 Å². The Bertz CT molecular complexity index is 3040. The lowest BCUT2D eigenvalue weighted by Crippen LogP contribution is -2.32. The van der Waals surface area contributed by atoms with E-state index in [9.17, 15) is 0 Å². The molecule has 0 saturated heterocycles. The van der Waals surface area contributed by atoms with E-state index in [-0.39, 0.29) is 0 Å². The second-order valence-electron chi connectivity index (χ2n) is 13.6. The molecule has 2 aliphatic rings. The van der Waals surface area contributed by atoms with Gasteiger partial charge in [0.05, 0.1) is 16.4 Å². The van der Waals surface area contributed by atoms with Crippen molar-refractivity contribution in [2.45, 2.75) is 5.41 Å². The van der Waals surface area contributed by atoms with E-state index >= 15 is 0 Å². The van der Waals surface area contributed by atoms with E-state index < -0.39 is 5.41 Å². The highest BCUT2D eigenvalue weighted by Gasteiger charge is 2.51. The molecule has 0 saturated carbocycles. The standard InChI is InChI=1S/C47H27NO2/c1-2-12-30-28(11-1)21-23-34-35-26-40-45(27-41(35)48(46(30)34)29-22-24-43-36(25-29)33-15-5-9-19-42(33)49-43)50-44-20-10-8-18-39(44)47(40)37-16-6-3-13-31(37)32-14-4-7-17-38(32)47/h1-27H. The molecule has 0 N–H and O–H groups in total. The molecule has 3 nitrogen and oxygen atoms in total. The first-order chi connectivity index (χ1) is 24.8. The lowest BCUT2D eigenvalue weighted by molar-refractivity contribution is 0.437. The van der Waals surface area contributed by atoms with Crippen LogP contribution in [-0.2, 0) is 5.41 Å². The van der Waals surface area contributed by atoms with Crippen molar-refractivity contribution < 1.29 is 9.15 Å². The van der Waals surface area contributed by atoms with Crippen LogP contribution in [-0.4, -0.2) is 4.57 Å². The zero-order valence-electron chi connectivity index (χ0n) is 26.9. The molecule has 3 heteroatoms. The van der Waals surface area contributed by atoms with Crippen LogP contribution in [0.4, 0.5) is 0 Å². The summed E-state index contributed by atoms with van der Waals surface area (Å²) in [5.74, 6) is 1.77. The fraction of sp³-hybridized carbons (Fsp3) is 0.0213. The molecule has 0 amide bonds. The molecule has 50 heavy (non-hydrogen) atoms. The molecule has 0 unspecified atom stereocenters. The fourth-order valence-corrected chi connectivity index (χ4v) is 9.25. The smallest absolute Gasteiger partial charge is 0.135 e. The first-order valence-corrected chi connectivity index (χ1v) is 17.2. The Morgan fingerprint density at radius 2 is 1.10 bits per heavy atom. The summed E-state index contributed by atoms with van der Waals surface area (Å²) in [4.78, 5) is 0. The van der Waals surface area contributed by atoms with Gasteiger partial charge in [-0.2, -0.15) is 0 Å². The zero-order chi connectivity index (χ0) is 32.6. The van der Waals surface area contributed by atoms with Crippen LogP contribution in [0.2, 0.25) is 0 Å². The molecular weight excluding hydrogens is 611 g/mol. The third-order valence-corrected chi connectivity index (χ3v) is 11.2. The van der Waals surface area contributed by atoms with E-state index in [1.807, 2.05) is 12.1 Å². The van der Waals surface area contributed by atoms with Gasteiger partial charge in [-0.1, -0.05) is 121 Å². The number of para-hydroxylation sites is 2. The largest absolute Gasteiger partial charge is 0.457 e. The SMILES string of the molecule is c1ccc2c(c1)Oc1cc3c(cc1C21c2ccccc2-c2ccccc21)c1ccc2ccccc2c1n3-c1ccc2oc3ccccc3c2c1. The van der Waals surface area contributed by atoms with E-state index in [1.54, 1.807) is 0 Å². The highest BCUT2D eigenvalue weighted by Crippen LogP contribution is 2.62. The van der Waals surface area contributed by atoms with E-state index in [2.05, 4.69) is 156 Å². The predicted molar refractivity (Wildman–Crippen MR) is 203 cm³/mol. The van der Waals surface area contributed by atoms with Gasteiger partial charge in [0, 0.05) is 49.8 Å².